The Kier molecular flexibility index (Phi) is 18.5. The first-order chi connectivity index (χ1) is 23.0. The van der Waals surface area contributed by atoms with Gasteiger partial charge in [0.2, 0.25) is 0 Å². The molecule has 16 nitrogen and oxygen atoms in total. The van der Waals surface area contributed by atoms with Crippen molar-refractivity contribution in [1.82, 2.24) is 0 Å². The fraction of sp³-hybridized carbons (Fsp3) is 0.355. The Hall–Kier alpha value is -5.94. The summed E-state index contributed by atoms with van der Waals surface area (Å²) < 4.78 is 68.6. The number of carbonyl (C=O) groups is 8. The van der Waals surface area contributed by atoms with Gasteiger partial charge >= 0.3 is 53.7 Å². The third-order valence-electron chi connectivity index (χ3n) is 5.66. The summed E-state index contributed by atoms with van der Waals surface area (Å²) in [6.45, 7) is 11.4. The molecule has 0 radical (unpaired) electrons. The van der Waals surface area contributed by atoms with Gasteiger partial charge in [-0.3, -0.25) is 0 Å². The SMILES string of the molecule is C=CC(=O)OCC(COC(=O)C=C)(COC(=O)C=C)COC(=O)C(F)(F)C(=O)OCC(COC(=O)C=C)(COC(=O)C=C)COC(=O)C=C. The normalized spacial score (nSPS) is 10.8. The van der Waals surface area contributed by atoms with Crippen LogP contribution in [0.15, 0.2) is 75.9 Å². The van der Waals surface area contributed by atoms with Gasteiger partial charge in [-0.1, -0.05) is 39.5 Å². The van der Waals surface area contributed by atoms with E-state index >= 15 is 8.78 Å². The molecule has 0 aliphatic rings. The summed E-state index contributed by atoms with van der Waals surface area (Å²) in [6.07, 6.45) is 4.26. The molecule has 0 spiro atoms. The van der Waals surface area contributed by atoms with Crippen LogP contribution in [0.1, 0.15) is 0 Å². The molecule has 0 atom stereocenters. The van der Waals surface area contributed by atoms with E-state index in [0.29, 0.717) is 36.5 Å². The molecule has 0 aliphatic heterocycles. The Bertz CT molecular complexity index is 1110. The third kappa shape index (κ3) is 15.5. The van der Waals surface area contributed by atoms with Gasteiger partial charge in [-0.15, -0.1) is 0 Å². The molecule has 0 unspecified atom stereocenters. The molecule has 0 saturated heterocycles. The van der Waals surface area contributed by atoms with Crippen molar-refractivity contribution in [3.63, 3.8) is 0 Å². The van der Waals surface area contributed by atoms with E-state index in [-0.39, 0.29) is 0 Å². The van der Waals surface area contributed by atoms with Crippen molar-refractivity contribution in [3.8, 4) is 0 Å². The maximum Gasteiger partial charge on any atom is 0.437 e. The van der Waals surface area contributed by atoms with Crippen LogP contribution in [0.4, 0.5) is 8.78 Å². The molecule has 268 valence electrons. The van der Waals surface area contributed by atoms with Gasteiger partial charge in [-0.25, -0.2) is 38.4 Å². The summed E-state index contributed by atoms with van der Waals surface area (Å²) in [5.74, 6) is -16.5. The lowest BCUT2D eigenvalue weighted by atomic mass is 9.92. The molecule has 18 heteroatoms. The Labute approximate surface area is 278 Å². The Morgan fingerprint density at radius 2 is 0.531 bits per heavy atom. The molecule has 0 aromatic rings. The van der Waals surface area contributed by atoms with E-state index in [4.69, 9.17) is 28.4 Å². The predicted octanol–water partition coefficient (Wildman–Crippen LogP) is 1.06. The number of halogens is 2. The second kappa shape index (κ2) is 21.0. The number of hydrogen-bond donors (Lipinski definition) is 0. The number of hydrogen-bond acceptors (Lipinski definition) is 16. The van der Waals surface area contributed by atoms with Crippen LogP contribution in [0.5, 0.6) is 0 Å². The van der Waals surface area contributed by atoms with E-state index in [1.165, 1.54) is 0 Å². The molecule has 0 saturated carbocycles. The first kappa shape index (κ1) is 43.1. The number of rotatable bonds is 24. The molecule has 0 rings (SSSR count). The third-order valence-corrected chi connectivity index (χ3v) is 5.66. The maximum atomic E-state index is 15.0. The fourth-order valence-corrected chi connectivity index (χ4v) is 2.90. The van der Waals surface area contributed by atoms with E-state index in [1.807, 2.05) is 0 Å². The summed E-state index contributed by atoms with van der Waals surface area (Å²) in [5, 5.41) is 0. The van der Waals surface area contributed by atoms with E-state index in [1.54, 1.807) is 0 Å². The lowest BCUT2D eigenvalue weighted by molar-refractivity contribution is -0.199. The summed E-state index contributed by atoms with van der Waals surface area (Å²) in [5.41, 5.74) is -4.06. The lowest BCUT2D eigenvalue weighted by Crippen LogP contribution is -2.48. The molecule has 0 aliphatic carbocycles. The molecule has 0 fully saturated rings. The standard InChI is InChI=1S/C31H34F2O16/c1-7-21(34)42-13-29(14-43-22(35)8-2,15-44-23(36)9-3)19-48-27(40)31(32,33)28(41)49-20-30(16-45-24(37)10-4,17-46-25(38)11-5)18-47-26(39)12-6/h7-12H,1-6,13-20H2. The van der Waals surface area contributed by atoms with Gasteiger partial charge in [0, 0.05) is 36.5 Å². The average Bonchev–Trinajstić information content (AvgIpc) is 3.11. The quantitative estimate of drug-likeness (QED) is 0.0596. The van der Waals surface area contributed by atoms with Crippen LogP contribution in [0, 0.1) is 10.8 Å². The first-order valence-corrected chi connectivity index (χ1v) is 13.5. The molecule has 0 heterocycles. The Morgan fingerprint density at radius 3 is 0.694 bits per heavy atom. The summed E-state index contributed by atoms with van der Waals surface area (Å²) in [4.78, 5) is 95.4. The molecule has 0 amide bonds. The van der Waals surface area contributed by atoms with Crippen molar-refractivity contribution in [3.05, 3.63) is 75.9 Å². The highest BCUT2D eigenvalue weighted by Crippen LogP contribution is 2.27. The minimum Gasteiger partial charge on any atom is -0.462 e. The van der Waals surface area contributed by atoms with Crippen LogP contribution in [0.25, 0.3) is 0 Å². The van der Waals surface area contributed by atoms with Gasteiger partial charge in [0.25, 0.3) is 0 Å². The van der Waals surface area contributed by atoms with Crippen LogP contribution in [-0.4, -0.2) is 107 Å². The average molecular weight is 701 g/mol. The van der Waals surface area contributed by atoms with Crippen molar-refractivity contribution in [2.24, 2.45) is 10.8 Å². The van der Waals surface area contributed by atoms with Crippen LogP contribution in [0.2, 0.25) is 0 Å². The van der Waals surface area contributed by atoms with Gasteiger partial charge in [-0.05, 0) is 0 Å². The number of esters is 8. The first-order valence-electron chi connectivity index (χ1n) is 13.5. The van der Waals surface area contributed by atoms with Crippen molar-refractivity contribution < 1.29 is 85.0 Å². The zero-order chi connectivity index (χ0) is 37.7. The molecular weight excluding hydrogens is 666 g/mol. The van der Waals surface area contributed by atoms with E-state index in [0.717, 1.165) is 0 Å². The highest BCUT2D eigenvalue weighted by molar-refractivity contribution is 6.01. The van der Waals surface area contributed by atoms with Crippen molar-refractivity contribution in [2.75, 3.05) is 52.9 Å². The summed E-state index contributed by atoms with van der Waals surface area (Å²) in [7, 11) is 0. The van der Waals surface area contributed by atoms with E-state index in [2.05, 4.69) is 48.9 Å². The smallest absolute Gasteiger partial charge is 0.437 e. The van der Waals surface area contributed by atoms with Crippen molar-refractivity contribution in [2.45, 2.75) is 5.92 Å². The summed E-state index contributed by atoms with van der Waals surface area (Å²) in [6, 6.07) is 0. The van der Waals surface area contributed by atoms with E-state index < -0.39 is 117 Å². The maximum absolute atomic E-state index is 15.0. The van der Waals surface area contributed by atoms with Gasteiger partial charge < -0.3 is 37.9 Å². The number of ether oxygens (including phenoxy) is 8. The Morgan fingerprint density at radius 1 is 0.367 bits per heavy atom. The van der Waals surface area contributed by atoms with E-state index in [9.17, 15) is 38.4 Å². The van der Waals surface area contributed by atoms with Crippen molar-refractivity contribution in [1.29, 1.82) is 0 Å². The molecule has 0 bridgehead atoms. The van der Waals surface area contributed by atoms with Crippen LogP contribution in [0.3, 0.4) is 0 Å². The van der Waals surface area contributed by atoms with Gasteiger partial charge in [0.05, 0.1) is 0 Å². The minimum atomic E-state index is -5.09. The number of carbonyl (C=O) groups excluding carboxylic acids is 8. The summed E-state index contributed by atoms with van der Waals surface area (Å²) >= 11 is 0. The van der Waals surface area contributed by atoms with Gasteiger partial charge in [0.1, 0.15) is 63.7 Å². The van der Waals surface area contributed by atoms with Crippen LogP contribution >= 0.6 is 0 Å². The number of alkyl halides is 2. The molecular formula is C31H34F2O16. The topological polar surface area (TPSA) is 210 Å². The molecule has 0 aromatic heterocycles. The largest absolute Gasteiger partial charge is 0.462 e. The minimum absolute atomic E-state index is 0.710. The highest BCUT2D eigenvalue weighted by Gasteiger charge is 2.53. The monoisotopic (exact) mass is 700 g/mol. The second-order valence-electron chi connectivity index (χ2n) is 9.60. The fourth-order valence-electron chi connectivity index (χ4n) is 2.90. The highest BCUT2D eigenvalue weighted by atomic mass is 19.3. The van der Waals surface area contributed by atoms with Crippen LogP contribution in [-0.2, 0) is 76.3 Å². The van der Waals surface area contributed by atoms with Gasteiger partial charge in [-0.2, -0.15) is 8.78 Å². The zero-order valence-corrected chi connectivity index (χ0v) is 26.2. The van der Waals surface area contributed by atoms with Crippen LogP contribution < -0.4 is 0 Å². The molecule has 0 aromatic carbocycles. The lowest BCUT2D eigenvalue weighted by Gasteiger charge is -2.32. The second-order valence-corrected chi connectivity index (χ2v) is 9.60. The predicted molar refractivity (Wildman–Crippen MR) is 159 cm³/mol. The Balaban J connectivity index is 6.28. The molecule has 0 N–H and O–H groups in total. The zero-order valence-electron chi connectivity index (χ0n) is 26.2. The molecule has 49 heavy (non-hydrogen) atoms. The van der Waals surface area contributed by atoms with Crippen molar-refractivity contribution >= 4 is 47.8 Å². The van der Waals surface area contributed by atoms with Gasteiger partial charge in [0.15, 0.2) is 0 Å².